The molecule has 0 aromatic carbocycles. The van der Waals surface area contributed by atoms with Crippen molar-refractivity contribution >= 4 is 11.9 Å². The lowest BCUT2D eigenvalue weighted by atomic mass is 10.1. The van der Waals surface area contributed by atoms with Crippen molar-refractivity contribution in [3.8, 4) is 0 Å². The SMILES string of the molecule is CCOC(=O)c1c(C)c(C(=O)NCCCOC)c(C)n1CC. The second-order valence-electron chi connectivity index (χ2n) is 5.00. The fraction of sp³-hybridized carbons (Fsp3) is 0.625. The molecule has 0 saturated heterocycles. The third kappa shape index (κ3) is 3.88. The van der Waals surface area contributed by atoms with Crippen LogP contribution in [0.25, 0.3) is 0 Å². The van der Waals surface area contributed by atoms with Gasteiger partial charge < -0.3 is 19.4 Å². The highest BCUT2D eigenvalue weighted by Gasteiger charge is 2.26. The molecule has 1 aromatic heterocycles. The third-order valence-electron chi connectivity index (χ3n) is 3.59. The van der Waals surface area contributed by atoms with Gasteiger partial charge in [0.05, 0.1) is 12.2 Å². The quantitative estimate of drug-likeness (QED) is 0.589. The molecule has 0 atom stereocenters. The molecular weight excluding hydrogens is 284 g/mol. The maximum atomic E-state index is 12.4. The van der Waals surface area contributed by atoms with Gasteiger partial charge in [-0.15, -0.1) is 0 Å². The number of ether oxygens (including phenoxy) is 2. The van der Waals surface area contributed by atoms with Crippen molar-refractivity contribution in [2.75, 3.05) is 26.9 Å². The van der Waals surface area contributed by atoms with Crippen LogP contribution in [0.5, 0.6) is 0 Å². The van der Waals surface area contributed by atoms with E-state index in [4.69, 9.17) is 9.47 Å². The van der Waals surface area contributed by atoms with E-state index in [1.54, 1.807) is 21.0 Å². The summed E-state index contributed by atoms with van der Waals surface area (Å²) in [5.41, 5.74) is 2.47. The predicted molar refractivity (Wildman–Crippen MR) is 84.4 cm³/mol. The highest BCUT2D eigenvalue weighted by Crippen LogP contribution is 2.23. The van der Waals surface area contributed by atoms with Gasteiger partial charge in [0, 0.05) is 32.5 Å². The molecule has 1 rings (SSSR count). The summed E-state index contributed by atoms with van der Waals surface area (Å²) in [5.74, 6) is -0.549. The number of aromatic nitrogens is 1. The standard InChI is InChI=1S/C16H26N2O4/c1-6-18-12(4)13(15(19)17-9-8-10-21-5)11(3)14(18)16(20)22-7-2/h6-10H2,1-5H3,(H,17,19). The largest absolute Gasteiger partial charge is 0.461 e. The van der Waals surface area contributed by atoms with E-state index >= 15 is 0 Å². The highest BCUT2D eigenvalue weighted by molar-refractivity contribution is 6.01. The van der Waals surface area contributed by atoms with Crippen molar-refractivity contribution in [3.05, 3.63) is 22.5 Å². The monoisotopic (exact) mass is 310 g/mol. The van der Waals surface area contributed by atoms with Crippen molar-refractivity contribution < 1.29 is 19.1 Å². The first-order valence-corrected chi connectivity index (χ1v) is 7.63. The molecule has 124 valence electrons. The third-order valence-corrected chi connectivity index (χ3v) is 3.59. The number of nitrogens with zero attached hydrogens (tertiary/aromatic N) is 1. The Morgan fingerprint density at radius 3 is 2.45 bits per heavy atom. The summed E-state index contributed by atoms with van der Waals surface area (Å²) in [4.78, 5) is 24.5. The number of amides is 1. The molecule has 0 radical (unpaired) electrons. The molecule has 22 heavy (non-hydrogen) atoms. The van der Waals surface area contributed by atoms with Crippen molar-refractivity contribution in [1.82, 2.24) is 9.88 Å². The maximum Gasteiger partial charge on any atom is 0.355 e. The van der Waals surface area contributed by atoms with E-state index in [0.717, 1.165) is 12.1 Å². The first-order valence-electron chi connectivity index (χ1n) is 7.63. The zero-order valence-electron chi connectivity index (χ0n) is 14.1. The zero-order chi connectivity index (χ0) is 16.7. The average molecular weight is 310 g/mol. The lowest BCUT2D eigenvalue weighted by Crippen LogP contribution is -2.26. The molecule has 0 fully saturated rings. The molecule has 6 nitrogen and oxygen atoms in total. The lowest BCUT2D eigenvalue weighted by molar-refractivity contribution is 0.0512. The second kappa shape index (κ2) is 8.58. The highest BCUT2D eigenvalue weighted by atomic mass is 16.5. The minimum atomic E-state index is -0.386. The molecule has 0 aliphatic carbocycles. The molecule has 0 spiro atoms. The minimum Gasteiger partial charge on any atom is -0.461 e. The Morgan fingerprint density at radius 2 is 1.91 bits per heavy atom. The number of methoxy groups -OCH3 is 1. The summed E-state index contributed by atoms with van der Waals surface area (Å²) in [5, 5.41) is 2.87. The summed E-state index contributed by atoms with van der Waals surface area (Å²) in [7, 11) is 1.63. The van der Waals surface area contributed by atoms with E-state index in [9.17, 15) is 9.59 Å². The Kier molecular flexibility index (Phi) is 7.11. The van der Waals surface area contributed by atoms with Crippen LogP contribution in [0.2, 0.25) is 0 Å². The Hall–Kier alpha value is -1.82. The second-order valence-corrected chi connectivity index (χ2v) is 5.00. The van der Waals surface area contributed by atoms with Gasteiger partial charge in [0.2, 0.25) is 0 Å². The summed E-state index contributed by atoms with van der Waals surface area (Å²) < 4.78 is 11.9. The number of carbonyl (C=O) groups excluding carboxylic acids is 2. The first-order chi connectivity index (χ1) is 10.5. The molecule has 6 heteroatoms. The first kappa shape index (κ1) is 18.2. The molecule has 1 aromatic rings. The minimum absolute atomic E-state index is 0.163. The summed E-state index contributed by atoms with van der Waals surface area (Å²) in [6.45, 7) is 9.40. The fourth-order valence-electron chi connectivity index (χ4n) is 2.59. The van der Waals surface area contributed by atoms with Gasteiger partial charge in [-0.05, 0) is 39.7 Å². The number of esters is 1. The van der Waals surface area contributed by atoms with Gasteiger partial charge in [0.25, 0.3) is 5.91 Å². The molecule has 0 unspecified atom stereocenters. The molecule has 0 aliphatic rings. The number of hydrogen-bond acceptors (Lipinski definition) is 4. The number of hydrogen-bond donors (Lipinski definition) is 1. The Bertz CT molecular complexity index is 535. The lowest BCUT2D eigenvalue weighted by Gasteiger charge is -2.08. The van der Waals surface area contributed by atoms with Crippen LogP contribution in [-0.4, -0.2) is 43.3 Å². The fourth-order valence-corrected chi connectivity index (χ4v) is 2.59. The van der Waals surface area contributed by atoms with Crippen LogP contribution >= 0.6 is 0 Å². The molecule has 1 N–H and O–H groups in total. The normalized spacial score (nSPS) is 10.6. The van der Waals surface area contributed by atoms with Crippen LogP contribution in [0.3, 0.4) is 0 Å². The van der Waals surface area contributed by atoms with E-state index in [2.05, 4.69) is 5.32 Å². The number of rotatable bonds is 8. The molecular formula is C16H26N2O4. The van der Waals surface area contributed by atoms with E-state index < -0.39 is 0 Å². The summed E-state index contributed by atoms with van der Waals surface area (Å²) in [6.07, 6.45) is 0.750. The summed E-state index contributed by atoms with van der Waals surface area (Å²) >= 11 is 0. The molecule has 0 bridgehead atoms. The van der Waals surface area contributed by atoms with Gasteiger partial charge in [-0.2, -0.15) is 0 Å². The van der Waals surface area contributed by atoms with Gasteiger partial charge in [-0.3, -0.25) is 4.79 Å². The Balaban J connectivity index is 3.05. The van der Waals surface area contributed by atoms with Crippen LogP contribution in [-0.2, 0) is 16.0 Å². The Labute approximate surface area is 131 Å². The van der Waals surface area contributed by atoms with Gasteiger partial charge in [-0.1, -0.05) is 0 Å². The zero-order valence-corrected chi connectivity index (χ0v) is 14.1. The molecule has 1 heterocycles. The van der Waals surface area contributed by atoms with Crippen molar-refractivity contribution in [2.45, 2.75) is 40.7 Å². The van der Waals surface area contributed by atoms with Crippen LogP contribution in [0.1, 0.15) is 52.4 Å². The molecule has 0 aliphatic heterocycles. The number of carbonyl (C=O) groups is 2. The van der Waals surface area contributed by atoms with Gasteiger partial charge in [0.1, 0.15) is 5.69 Å². The predicted octanol–water partition coefficient (Wildman–Crippen LogP) is 2.07. The van der Waals surface area contributed by atoms with E-state index in [1.807, 2.05) is 18.4 Å². The smallest absolute Gasteiger partial charge is 0.355 e. The van der Waals surface area contributed by atoms with Crippen molar-refractivity contribution in [2.24, 2.45) is 0 Å². The van der Waals surface area contributed by atoms with Crippen LogP contribution < -0.4 is 5.32 Å². The number of nitrogens with one attached hydrogen (secondary N) is 1. The van der Waals surface area contributed by atoms with Crippen molar-refractivity contribution in [3.63, 3.8) is 0 Å². The van der Waals surface area contributed by atoms with Crippen molar-refractivity contribution in [1.29, 1.82) is 0 Å². The van der Waals surface area contributed by atoms with E-state index in [0.29, 0.717) is 43.1 Å². The summed E-state index contributed by atoms with van der Waals surface area (Å²) in [6, 6.07) is 0. The van der Waals surface area contributed by atoms with Crippen LogP contribution in [0.4, 0.5) is 0 Å². The van der Waals surface area contributed by atoms with Gasteiger partial charge >= 0.3 is 5.97 Å². The van der Waals surface area contributed by atoms with E-state index in [1.165, 1.54) is 0 Å². The van der Waals surface area contributed by atoms with E-state index in [-0.39, 0.29) is 11.9 Å². The van der Waals surface area contributed by atoms with Gasteiger partial charge in [0.15, 0.2) is 0 Å². The maximum absolute atomic E-state index is 12.4. The van der Waals surface area contributed by atoms with Crippen LogP contribution in [0.15, 0.2) is 0 Å². The topological polar surface area (TPSA) is 69.6 Å². The van der Waals surface area contributed by atoms with Gasteiger partial charge in [-0.25, -0.2) is 4.79 Å². The average Bonchev–Trinajstić information content (AvgIpc) is 2.74. The molecule has 0 saturated carbocycles. The van der Waals surface area contributed by atoms with Crippen LogP contribution in [0, 0.1) is 13.8 Å². The Morgan fingerprint density at radius 1 is 1.23 bits per heavy atom. The molecule has 1 amide bonds.